The number of rotatable bonds is 6. The number of pyridine rings is 1. The highest BCUT2D eigenvalue weighted by molar-refractivity contribution is 5.96. The topological polar surface area (TPSA) is 63.7 Å². The molecule has 5 nitrogen and oxygen atoms in total. The van der Waals surface area contributed by atoms with Gasteiger partial charge in [-0.2, -0.15) is 0 Å². The molecule has 1 aromatic heterocycles. The van der Waals surface area contributed by atoms with Gasteiger partial charge in [0.1, 0.15) is 6.61 Å². The number of hydrogen-bond acceptors (Lipinski definition) is 4. The molecule has 110 valence electrons. The van der Waals surface area contributed by atoms with Crippen LogP contribution in [0, 0.1) is 5.92 Å². The molecule has 5 heteroatoms. The van der Waals surface area contributed by atoms with Crippen molar-refractivity contribution < 1.29 is 4.84 Å². The summed E-state index contributed by atoms with van der Waals surface area (Å²) in [5.74, 6) is 0.835. The van der Waals surface area contributed by atoms with Crippen molar-refractivity contribution in [1.29, 1.82) is 0 Å². The molecule has 0 spiro atoms. The minimum atomic E-state index is 0.378. The second-order valence-electron chi connectivity index (χ2n) is 5.48. The number of hydrogen-bond donors (Lipinski definition) is 1. The van der Waals surface area contributed by atoms with E-state index in [-0.39, 0.29) is 0 Å². The van der Waals surface area contributed by atoms with E-state index in [1.54, 1.807) is 12.4 Å². The van der Waals surface area contributed by atoms with Gasteiger partial charge in [0.15, 0.2) is 5.84 Å². The van der Waals surface area contributed by atoms with Gasteiger partial charge < -0.3 is 15.5 Å². The molecule has 1 aliphatic heterocycles. The van der Waals surface area contributed by atoms with Gasteiger partial charge in [0.2, 0.25) is 0 Å². The molecule has 0 bridgehead atoms. The molecule has 1 saturated heterocycles. The van der Waals surface area contributed by atoms with Gasteiger partial charge in [-0.05, 0) is 38.1 Å². The first-order valence-electron chi connectivity index (χ1n) is 7.34. The maximum atomic E-state index is 5.84. The van der Waals surface area contributed by atoms with Gasteiger partial charge >= 0.3 is 0 Å². The van der Waals surface area contributed by atoms with Crippen LogP contribution in [0.4, 0.5) is 0 Å². The third-order valence-electron chi connectivity index (χ3n) is 3.50. The molecule has 1 atom stereocenters. The lowest BCUT2D eigenvalue weighted by molar-refractivity contribution is 0.0887. The predicted octanol–water partition coefficient (Wildman–Crippen LogP) is 1.84. The Labute approximate surface area is 120 Å². The predicted molar refractivity (Wildman–Crippen MR) is 80.4 cm³/mol. The minimum absolute atomic E-state index is 0.378. The van der Waals surface area contributed by atoms with Crippen molar-refractivity contribution in [2.24, 2.45) is 16.8 Å². The van der Waals surface area contributed by atoms with Crippen molar-refractivity contribution in [2.45, 2.75) is 26.2 Å². The molecule has 0 aliphatic carbocycles. The Hall–Kier alpha value is -1.62. The van der Waals surface area contributed by atoms with E-state index in [0.717, 1.165) is 12.1 Å². The lowest BCUT2D eigenvalue weighted by atomic mass is 10.1. The quantitative estimate of drug-likeness (QED) is 0.489. The summed E-state index contributed by atoms with van der Waals surface area (Å²) in [7, 11) is 0. The summed E-state index contributed by atoms with van der Waals surface area (Å²) in [6.45, 7) is 6.28. The lowest BCUT2D eigenvalue weighted by Gasteiger charge is -2.28. The van der Waals surface area contributed by atoms with E-state index in [2.05, 4.69) is 22.0 Å². The van der Waals surface area contributed by atoms with E-state index in [1.165, 1.54) is 32.4 Å². The maximum Gasteiger partial charge on any atom is 0.171 e. The zero-order valence-electron chi connectivity index (χ0n) is 12.2. The fourth-order valence-electron chi connectivity index (χ4n) is 2.44. The number of likely N-dealkylation sites (tertiary alicyclic amines) is 1. The van der Waals surface area contributed by atoms with Crippen molar-refractivity contribution in [2.75, 3.05) is 26.2 Å². The molecular weight excluding hydrogens is 252 g/mol. The second-order valence-corrected chi connectivity index (χ2v) is 5.48. The highest BCUT2D eigenvalue weighted by atomic mass is 16.6. The molecule has 0 aromatic carbocycles. The van der Waals surface area contributed by atoms with Crippen LogP contribution in [-0.2, 0) is 4.84 Å². The van der Waals surface area contributed by atoms with Crippen LogP contribution in [0.25, 0.3) is 0 Å². The number of nitrogens with zero attached hydrogens (tertiary/aromatic N) is 3. The van der Waals surface area contributed by atoms with Gasteiger partial charge in [0, 0.05) is 30.4 Å². The number of amidine groups is 1. The Morgan fingerprint density at radius 2 is 2.25 bits per heavy atom. The first kappa shape index (κ1) is 14.8. The first-order chi connectivity index (χ1) is 9.75. The van der Waals surface area contributed by atoms with Crippen LogP contribution in [0.15, 0.2) is 29.7 Å². The van der Waals surface area contributed by atoms with Crippen LogP contribution in [0.3, 0.4) is 0 Å². The number of oxime groups is 1. The van der Waals surface area contributed by atoms with Crippen LogP contribution in [0.2, 0.25) is 0 Å². The molecule has 0 radical (unpaired) electrons. The second kappa shape index (κ2) is 7.85. The van der Waals surface area contributed by atoms with E-state index in [4.69, 9.17) is 10.6 Å². The smallest absolute Gasteiger partial charge is 0.171 e. The summed E-state index contributed by atoms with van der Waals surface area (Å²) in [6.07, 6.45) is 7.39. The fraction of sp³-hybridized carbons (Fsp3) is 0.600. The van der Waals surface area contributed by atoms with Crippen molar-refractivity contribution >= 4 is 5.84 Å². The Morgan fingerprint density at radius 1 is 1.45 bits per heavy atom. The molecule has 1 fully saturated rings. The van der Waals surface area contributed by atoms with Crippen LogP contribution in [-0.4, -0.2) is 42.0 Å². The van der Waals surface area contributed by atoms with Crippen molar-refractivity contribution in [3.8, 4) is 0 Å². The maximum absolute atomic E-state index is 5.84. The summed E-state index contributed by atoms with van der Waals surface area (Å²) in [4.78, 5) is 11.9. The Bertz CT molecular complexity index is 415. The Balaban J connectivity index is 1.71. The zero-order chi connectivity index (χ0) is 14.2. The van der Waals surface area contributed by atoms with E-state index >= 15 is 0 Å². The first-order valence-corrected chi connectivity index (χ1v) is 7.34. The SMILES string of the molecule is CC(CO/N=C(\N)c1cccnc1)CN1CCCCC1. The van der Waals surface area contributed by atoms with Gasteiger partial charge in [-0.25, -0.2) is 0 Å². The molecule has 1 aromatic rings. The molecule has 1 aliphatic rings. The molecular formula is C15H24N4O. The molecule has 2 heterocycles. The lowest BCUT2D eigenvalue weighted by Crippen LogP contribution is -2.34. The average Bonchev–Trinajstić information content (AvgIpc) is 2.49. The standard InChI is InChI=1S/C15H24N4O/c1-13(11-19-8-3-2-4-9-19)12-20-18-15(16)14-6-5-7-17-10-14/h5-7,10,13H,2-4,8-9,11-12H2,1H3,(H2,16,18). The molecule has 2 N–H and O–H groups in total. The van der Waals surface area contributed by atoms with Crippen LogP contribution < -0.4 is 5.73 Å². The normalized spacial score (nSPS) is 18.8. The molecule has 0 amide bonds. The Kier molecular flexibility index (Phi) is 5.80. The molecule has 2 rings (SSSR count). The highest BCUT2D eigenvalue weighted by Gasteiger charge is 2.13. The van der Waals surface area contributed by atoms with Crippen molar-refractivity contribution in [3.05, 3.63) is 30.1 Å². The van der Waals surface area contributed by atoms with Crippen LogP contribution in [0.5, 0.6) is 0 Å². The molecule has 0 saturated carbocycles. The fourth-order valence-corrected chi connectivity index (χ4v) is 2.44. The summed E-state index contributed by atoms with van der Waals surface area (Å²) in [6, 6.07) is 3.70. The molecule has 20 heavy (non-hydrogen) atoms. The van der Waals surface area contributed by atoms with Gasteiger partial charge in [-0.3, -0.25) is 4.98 Å². The monoisotopic (exact) mass is 276 g/mol. The minimum Gasteiger partial charge on any atom is -0.394 e. The van der Waals surface area contributed by atoms with Crippen molar-refractivity contribution in [3.63, 3.8) is 0 Å². The van der Waals surface area contributed by atoms with Gasteiger partial charge in [0.05, 0.1) is 0 Å². The van der Waals surface area contributed by atoms with Gasteiger partial charge in [-0.15, -0.1) is 0 Å². The van der Waals surface area contributed by atoms with Crippen LogP contribution in [0.1, 0.15) is 31.7 Å². The van der Waals surface area contributed by atoms with Crippen LogP contribution >= 0.6 is 0 Å². The van der Waals surface area contributed by atoms with Gasteiger partial charge in [-0.1, -0.05) is 18.5 Å². The average molecular weight is 276 g/mol. The summed E-state index contributed by atoms with van der Waals surface area (Å²) in [5, 5.41) is 3.96. The number of piperidine rings is 1. The van der Waals surface area contributed by atoms with E-state index in [9.17, 15) is 0 Å². The molecule has 1 unspecified atom stereocenters. The number of aromatic nitrogens is 1. The van der Waals surface area contributed by atoms with E-state index in [0.29, 0.717) is 18.4 Å². The van der Waals surface area contributed by atoms with Gasteiger partial charge in [0.25, 0.3) is 0 Å². The van der Waals surface area contributed by atoms with Crippen molar-refractivity contribution in [1.82, 2.24) is 9.88 Å². The summed E-state index contributed by atoms with van der Waals surface area (Å²) in [5.41, 5.74) is 6.63. The van der Waals surface area contributed by atoms with E-state index in [1.807, 2.05) is 12.1 Å². The highest BCUT2D eigenvalue weighted by Crippen LogP contribution is 2.11. The van der Waals surface area contributed by atoms with E-state index < -0.39 is 0 Å². The zero-order valence-corrected chi connectivity index (χ0v) is 12.2. The number of nitrogens with two attached hydrogens (primary N) is 1. The third kappa shape index (κ3) is 4.81. The Morgan fingerprint density at radius 3 is 2.95 bits per heavy atom. The summed E-state index contributed by atoms with van der Waals surface area (Å²) >= 11 is 0. The summed E-state index contributed by atoms with van der Waals surface area (Å²) < 4.78 is 0. The largest absolute Gasteiger partial charge is 0.394 e. The third-order valence-corrected chi connectivity index (χ3v) is 3.50.